The van der Waals surface area contributed by atoms with Gasteiger partial charge in [0.1, 0.15) is 24.1 Å². The first-order chi connectivity index (χ1) is 17.6. The Bertz CT molecular complexity index is 1450. The maximum absolute atomic E-state index is 12.8. The number of nitrogens with one attached hydrogen (secondary N) is 2. The number of aromatic nitrogens is 1. The van der Waals surface area contributed by atoms with Crippen molar-refractivity contribution in [3.8, 4) is 5.75 Å². The third-order valence-electron chi connectivity index (χ3n) is 6.02. The highest BCUT2D eigenvalue weighted by atomic mass is 32.2. The van der Waals surface area contributed by atoms with Crippen LogP contribution in [0.2, 0.25) is 0 Å². The summed E-state index contributed by atoms with van der Waals surface area (Å²) in [6, 6.07) is 12.0. The molecule has 4 rings (SSSR count). The number of para-hydroxylation sites is 1. The molecule has 1 aliphatic rings. The van der Waals surface area contributed by atoms with Crippen LogP contribution >= 0.6 is 0 Å². The molecular formula is C22H27N5O8S2. The standard InChI is InChI=1S/C22H27N5O8S2/c1-36(30,31)27-12-10-26(11-13-27)20(22(28)24-29)14-23-37(32,33)17-8-6-16(7-9-17)34-15-19-18-4-2-3-5-21(18)35-25-19/h2-9,20,23,29H,10-15H2,1H3,(H,24,28)/t20-/m0/s1. The average molecular weight is 554 g/mol. The summed E-state index contributed by atoms with van der Waals surface area (Å²) in [6.45, 7) is 0.481. The molecule has 1 amide bonds. The molecule has 13 nitrogen and oxygen atoms in total. The van der Waals surface area contributed by atoms with Crippen molar-refractivity contribution < 1.29 is 36.1 Å². The van der Waals surface area contributed by atoms with Gasteiger partial charge in [0.15, 0.2) is 5.58 Å². The predicted molar refractivity (Wildman–Crippen MR) is 132 cm³/mol. The molecule has 3 N–H and O–H groups in total. The number of carbonyl (C=O) groups excluding carboxylic acids is 1. The number of ether oxygens (including phenoxy) is 1. The van der Waals surface area contributed by atoms with Crippen molar-refractivity contribution in [2.24, 2.45) is 0 Å². The second-order valence-electron chi connectivity index (χ2n) is 8.43. The van der Waals surface area contributed by atoms with Gasteiger partial charge in [-0.15, -0.1) is 0 Å². The zero-order chi connectivity index (χ0) is 26.6. The van der Waals surface area contributed by atoms with E-state index in [1.165, 1.54) is 28.6 Å². The van der Waals surface area contributed by atoms with Gasteiger partial charge in [-0.05, 0) is 36.4 Å². The van der Waals surface area contributed by atoms with E-state index in [1.54, 1.807) is 16.4 Å². The molecule has 0 bridgehead atoms. The van der Waals surface area contributed by atoms with Crippen LogP contribution in [0.3, 0.4) is 0 Å². The van der Waals surface area contributed by atoms with Crippen LogP contribution in [0.25, 0.3) is 11.0 Å². The third-order valence-corrected chi connectivity index (χ3v) is 8.77. The van der Waals surface area contributed by atoms with Gasteiger partial charge in [0, 0.05) is 38.1 Å². The Labute approximate surface area is 214 Å². The number of hydrogen-bond acceptors (Lipinski definition) is 10. The molecule has 0 unspecified atom stereocenters. The summed E-state index contributed by atoms with van der Waals surface area (Å²) in [4.78, 5) is 13.8. The summed E-state index contributed by atoms with van der Waals surface area (Å²) in [5, 5.41) is 14.0. The summed E-state index contributed by atoms with van der Waals surface area (Å²) >= 11 is 0. The number of carbonyl (C=O) groups is 1. The number of rotatable bonds is 10. The van der Waals surface area contributed by atoms with Gasteiger partial charge in [0.05, 0.1) is 11.2 Å². The van der Waals surface area contributed by atoms with Crippen molar-refractivity contribution in [3.63, 3.8) is 0 Å². The molecule has 2 aromatic carbocycles. The number of hydroxylamine groups is 1. The van der Waals surface area contributed by atoms with E-state index in [4.69, 9.17) is 14.5 Å². The van der Waals surface area contributed by atoms with E-state index < -0.39 is 32.0 Å². The van der Waals surface area contributed by atoms with Crippen molar-refractivity contribution in [1.29, 1.82) is 0 Å². The molecule has 37 heavy (non-hydrogen) atoms. The van der Waals surface area contributed by atoms with Gasteiger partial charge >= 0.3 is 0 Å². The molecule has 1 atom stereocenters. The molecule has 0 aliphatic carbocycles. The van der Waals surface area contributed by atoms with Crippen molar-refractivity contribution >= 4 is 36.9 Å². The number of nitrogens with zero attached hydrogens (tertiary/aromatic N) is 3. The number of sulfonamides is 2. The molecule has 1 saturated heterocycles. The first-order valence-corrected chi connectivity index (χ1v) is 14.6. The fourth-order valence-corrected chi connectivity index (χ4v) is 5.85. The van der Waals surface area contributed by atoms with Gasteiger partial charge < -0.3 is 9.26 Å². The topological polar surface area (TPSA) is 171 Å². The molecular weight excluding hydrogens is 526 g/mol. The molecule has 3 aromatic rings. The zero-order valence-electron chi connectivity index (χ0n) is 19.9. The summed E-state index contributed by atoms with van der Waals surface area (Å²) in [5.74, 6) is -0.382. The smallest absolute Gasteiger partial charge is 0.262 e. The minimum atomic E-state index is -4.00. The predicted octanol–water partition coefficient (Wildman–Crippen LogP) is 0.136. The van der Waals surface area contributed by atoms with Gasteiger partial charge in [-0.1, -0.05) is 17.3 Å². The molecule has 15 heteroatoms. The highest BCUT2D eigenvalue weighted by Crippen LogP contribution is 2.21. The van der Waals surface area contributed by atoms with Crippen LogP contribution in [0, 0.1) is 0 Å². The number of fused-ring (bicyclic) bond motifs is 1. The van der Waals surface area contributed by atoms with Crippen LogP contribution in [0.15, 0.2) is 57.9 Å². The van der Waals surface area contributed by atoms with Crippen LogP contribution in [0.1, 0.15) is 5.69 Å². The molecule has 0 saturated carbocycles. The number of hydrogen-bond donors (Lipinski definition) is 3. The van der Waals surface area contributed by atoms with E-state index in [2.05, 4.69) is 9.88 Å². The highest BCUT2D eigenvalue weighted by Gasteiger charge is 2.32. The maximum Gasteiger partial charge on any atom is 0.262 e. The minimum Gasteiger partial charge on any atom is -0.487 e. The molecule has 0 radical (unpaired) electrons. The number of piperazine rings is 1. The van der Waals surface area contributed by atoms with Crippen LogP contribution in [0.5, 0.6) is 5.75 Å². The van der Waals surface area contributed by atoms with Crippen molar-refractivity contribution in [1.82, 2.24) is 24.6 Å². The second kappa shape index (κ2) is 11.1. The lowest BCUT2D eigenvalue weighted by Gasteiger charge is -2.37. The van der Waals surface area contributed by atoms with Crippen LogP contribution in [0.4, 0.5) is 0 Å². The number of benzene rings is 2. The van der Waals surface area contributed by atoms with Crippen molar-refractivity contribution in [2.75, 3.05) is 39.0 Å². The first-order valence-electron chi connectivity index (χ1n) is 11.3. The Morgan fingerprint density at radius 1 is 1.08 bits per heavy atom. The van der Waals surface area contributed by atoms with Gasteiger partial charge in [0.2, 0.25) is 20.0 Å². The number of amides is 1. The molecule has 1 aromatic heterocycles. The summed E-state index contributed by atoms with van der Waals surface area (Å²) in [5.41, 5.74) is 2.80. The molecule has 2 heterocycles. The summed E-state index contributed by atoms with van der Waals surface area (Å²) in [7, 11) is -7.38. The lowest BCUT2D eigenvalue weighted by atomic mass is 10.2. The Morgan fingerprint density at radius 3 is 2.41 bits per heavy atom. The Balaban J connectivity index is 1.36. The Kier molecular flexibility index (Phi) is 8.11. The molecule has 0 spiro atoms. The highest BCUT2D eigenvalue weighted by molar-refractivity contribution is 7.89. The van der Waals surface area contributed by atoms with E-state index in [9.17, 15) is 21.6 Å². The van der Waals surface area contributed by atoms with Crippen molar-refractivity contribution in [2.45, 2.75) is 17.5 Å². The van der Waals surface area contributed by atoms with Gasteiger partial charge in [0.25, 0.3) is 5.91 Å². The normalized spacial score (nSPS) is 16.5. The van der Waals surface area contributed by atoms with E-state index >= 15 is 0 Å². The largest absolute Gasteiger partial charge is 0.487 e. The fourth-order valence-electron chi connectivity index (χ4n) is 3.99. The lowest BCUT2D eigenvalue weighted by molar-refractivity contribution is -0.135. The van der Waals surface area contributed by atoms with Crippen molar-refractivity contribution in [3.05, 3.63) is 54.2 Å². The lowest BCUT2D eigenvalue weighted by Crippen LogP contribution is -2.58. The third kappa shape index (κ3) is 6.44. The van der Waals surface area contributed by atoms with E-state index in [0.29, 0.717) is 17.0 Å². The summed E-state index contributed by atoms with van der Waals surface area (Å²) < 4.78 is 63.7. The van der Waals surface area contributed by atoms with Crippen LogP contribution in [-0.2, 0) is 31.4 Å². The van der Waals surface area contributed by atoms with Gasteiger partial charge in [-0.2, -0.15) is 4.31 Å². The maximum atomic E-state index is 12.8. The first kappa shape index (κ1) is 27.0. The molecule has 1 fully saturated rings. The Morgan fingerprint density at radius 2 is 1.76 bits per heavy atom. The molecule has 200 valence electrons. The monoisotopic (exact) mass is 553 g/mol. The quantitative estimate of drug-likeness (QED) is 0.232. The second-order valence-corrected chi connectivity index (χ2v) is 12.2. The average Bonchev–Trinajstić information content (AvgIpc) is 3.30. The van der Waals surface area contributed by atoms with Crippen LogP contribution in [-0.4, -0.2) is 87.3 Å². The zero-order valence-corrected chi connectivity index (χ0v) is 21.5. The Hall–Kier alpha value is -3.08. The SMILES string of the molecule is CS(=O)(=O)N1CCN([C@@H](CNS(=O)(=O)c2ccc(OCc3noc4ccccc34)cc2)C(=O)NO)CC1. The van der Waals surface area contributed by atoms with E-state index in [1.807, 2.05) is 18.2 Å². The summed E-state index contributed by atoms with van der Waals surface area (Å²) in [6.07, 6.45) is 1.10. The van der Waals surface area contributed by atoms with Gasteiger partial charge in [-0.25, -0.2) is 27.0 Å². The minimum absolute atomic E-state index is 0.0446. The van der Waals surface area contributed by atoms with E-state index in [-0.39, 0.29) is 44.2 Å². The van der Waals surface area contributed by atoms with Crippen LogP contribution < -0.4 is 14.9 Å². The van der Waals surface area contributed by atoms with Gasteiger partial charge in [-0.3, -0.25) is 14.9 Å². The van der Waals surface area contributed by atoms with E-state index in [0.717, 1.165) is 11.6 Å². The fraction of sp³-hybridized carbons (Fsp3) is 0.364. The molecule has 1 aliphatic heterocycles.